The maximum atomic E-state index is 13.5. The second kappa shape index (κ2) is 6.68. The molecule has 1 amide bonds. The Hall–Kier alpha value is -1.67. The number of piperazine rings is 1. The quantitative estimate of drug-likeness (QED) is 0.825. The van der Waals surface area contributed by atoms with Crippen molar-refractivity contribution in [1.29, 1.82) is 0 Å². The molecule has 0 saturated carbocycles. The lowest BCUT2D eigenvalue weighted by Gasteiger charge is -2.37. The molecule has 0 bridgehead atoms. The molecule has 24 heavy (non-hydrogen) atoms. The summed E-state index contributed by atoms with van der Waals surface area (Å²) in [5.41, 5.74) is -0.507. The normalized spacial score (nSPS) is 17.0. The van der Waals surface area contributed by atoms with Gasteiger partial charge in [-0.1, -0.05) is 20.8 Å². The minimum atomic E-state index is -3.88. The number of ether oxygens (including phenoxy) is 1. The van der Waals surface area contributed by atoms with Gasteiger partial charge in [0, 0.05) is 31.6 Å². The Morgan fingerprint density at radius 2 is 1.75 bits per heavy atom. The lowest BCUT2D eigenvalue weighted by atomic mass is 9.94. The van der Waals surface area contributed by atoms with E-state index in [1.165, 1.54) is 17.5 Å². The van der Waals surface area contributed by atoms with E-state index in [2.05, 4.69) is 0 Å². The van der Waals surface area contributed by atoms with E-state index < -0.39 is 21.3 Å². The molecule has 0 aliphatic carbocycles. The third kappa shape index (κ3) is 3.70. The number of halogens is 1. The molecule has 1 aliphatic heterocycles. The van der Waals surface area contributed by atoms with Crippen LogP contribution in [0.25, 0.3) is 0 Å². The van der Waals surface area contributed by atoms with Crippen LogP contribution in [0.1, 0.15) is 20.8 Å². The molecule has 2 rings (SSSR count). The Morgan fingerprint density at radius 1 is 1.17 bits per heavy atom. The molecule has 1 aromatic carbocycles. The Morgan fingerprint density at radius 3 is 2.25 bits per heavy atom. The van der Waals surface area contributed by atoms with E-state index in [-0.39, 0.29) is 29.6 Å². The van der Waals surface area contributed by atoms with Crippen molar-refractivity contribution in [2.24, 2.45) is 5.41 Å². The average molecular weight is 358 g/mol. The minimum absolute atomic E-state index is 0.0112. The molecule has 1 aliphatic rings. The van der Waals surface area contributed by atoms with Crippen LogP contribution in [0.3, 0.4) is 0 Å². The lowest BCUT2D eigenvalue weighted by Crippen LogP contribution is -2.52. The van der Waals surface area contributed by atoms with E-state index in [1.807, 2.05) is 20.8 Å². The molecule has 0 radical (unpaired) electrons. The fourth-order valence-electron chi connectivity index (χ4n) is 2.60. The van der Waals surface area contributed by atoms with Crippen molar-refractivity contribution >= 4 is 15.9 Å². The molecule has 0 atom stereocenters. The molecule has 134 valence electrons. The first-order chi connectivity index (χ1) is 11.1. The van der Waals surface area contributed by atoms with Crippen molar-refractivity contribution in [1.82, 2.24) is 9.21 Å². The summed E-state index contributed by atoms with van der Waals surface area (Å²) >= 11 is 0. The number of carbonyl (C=O) groups excluding carboxylic acids is 1. The molecule has 0 unspecified atom stereocenters. The number of rotatable bonds is 3. The van der Waals surface area contributed by atoms with Crippen molar-refractivity contribution in [3.63, 3.8) is 0 Å². The van der Waals surface area contributed by atoms with Gasteiger partial charge in [-0.15, -0.1) is 0 Å². The fraction of sp³-hybridized carbons (Fsp3) is 0.562. The van der Waals surface area contributed by atoms with Crippen molar-refractivity contribution in [3.05, 3.63) is 24.0 Å². The number of hydrogen-bond acceptors (Lipinski definition) is 4. The van der Waals surface area contributed by atoms with E-state index in [4.69, 9.17) is 4.74 Å². The monoisotopic (exact) mass is 358 g/mol. The summed E-state index contributed by atoms with van der Waals surface area (Å²) in [7, 11) is -2.54. The third-order valence-corrected chi connectivity index (χ3v) is 5.83. The van der Waals surface area contributed by atoms with Gasteiger partial charge in [-0.3, -0.25) is 4.79 Å². The van der Waals surface area contributed by atoms with Crippen molar-refractivity contribution < 1.29 is 22.3 Å². The van der Waals surface area contributed by atoms with Gasteiger partial charge in [0.2, 0.25) is 15.9 Å². The van der Waals surface area contributed by atoms with Crippen molar-refractivity contribution in [3.8, 4) is 5.75 Å². The van der Waals surface area contributed by atoms with Gasteiger partial charge in [-0.25, -0.2) is 12.8 Å². The number of carbonyl (C=O) groups is 1. The van der Waals surface area contributed by atoms with Crippen LogP contribution >= 0.6 is 0 Å². The van der Waals surface area contributed by atoms with E-state index in [1.54, 1.807) is 4.90 Å². The largest absolute Gasteiger partial charge is 0.495 e. The zero-order valence-corrected chi connectivity index (χ0v) is 15.2. The van der Waals surface area contributed by atoms with E-state index in [0.717, 1.165) is 12.1 Å². The molecule has 0 aromatic heterocycles. The van der Waals surface area contributed by atoms with Crippen LogP contribution in [0.15, 0.2) is 23.1 Å². The summed E-state index contributed by atoms with van der Waals surface area (Å²) in [5.74, 6) is -0.552. The van der Waals surface area contributed by atoms with Gasteiger partial charge in [0.15, 0.2) is 0 Å². The van der Waals surface area contributed by atoms with Crippen molar-refractivity contribution in [2.45, 2.75) is 25.7 Å². The SMILES string of the molecule is COc1ccc(F)cc1S(=O)(=O)N1CCN(C(=O)C(C)(C)C)CC1. The highest BCUT2D eigenvalue weighted by molar-refractivity contribution is 7.89. The zero-order chi connectivity index (χ0) is 18.1. The van der Waals surface area contributed by atoms with Crippen molar-refractivity contribution in [2.75, 3.05) is 33.3 Å². The summed E-state index contributed by atoms with van der Waals surface area (Å²) in [6, 6.07) is 3.40. The molecule has 1 heterocycles. The number of nitrogens with zero attached hydrogens (tertiary/aromatic N) is 2. The number of benzene rings is 1. The highest BCUT2D eigenvalue weighted by Crippen LogP contribution is 2.28. The Labute approximate surface area is 142 Å². The number of methoxy groups -OCH3 is 1. The fourth-order valence-corrected chi connectivity index (χ4v) is 4.19. The lowest BCUT2D eigenvalue weighted by molar-refractivity contribution is -0.140. The standard InChI is InChI=1S/C16H23FN2O4S/c1-16(2,3)15(20)18-7-9-19(10-8-18)24(21,22)14-11-12(17)5-6-13(14)23-4/h5-6,11H,7-10H2,1-4H3. The van der Waals surface area contributed by atoms with E-state index in [9.17, 15) is 17.6 Å². The van der Waals surface area contributed by atoms with Crippen LogP contribution in [0.4, 0.5) is 4.39 Å². The first-order valence-electron chi connectivity index (χ1n) is 7.70. The Kier molecular flexibility index (Phi) is 5.19. The first kappa shape index (κ1) is 18.7. The maximum Gasteiger partial charge on any atom is 0.246 e. The molecule has 0 N–H and O–H groups in total. The van der Waals surface area contributed by atoms with Gasteiger partial charge in [0.25, 0.3) is 0 Å². The average Bonchev–Trinajstić information content (AvgIpc) is 2.53. The second-order valence-electron chi connectivity index (χ2n) is 6.74. The molecule has 1 fully saturated rings. The smallest absolute Gasteiger partial charge is 0.246 e. The number of amides is 1. The van der Waals surface area contributed by atoms with Gasteiger partial charge in [0.05, 0.1) is 7.11 Å². The summed E-state index contributed by atoms with van der Waals surface area (Å²) in [5, 5.41) is 0. The first-order valence-corrected chi connectivity index (χ1v) is 9.14. The Balaban J connectivity index is 2.19. The molecular weight excluding hydrogens is 335 g/mol. The molecule has 1 saturated heterocycles. The van der Waals surface area contributed by atoms with Gasteiger partial charge >= 0.3 is 0 Å². The second-order valence-corrected chi connectivity index (χ2v) is 8.65. The third-order valence-electron chi connectivity index (χ3n) is 3.91. The molecule has 8 heteroatoms. The minimum Gasteiger partial charge on any atom is -0.495 e. The van der Waals surface area contributed by atoms with Crippen LogP contribution in [0, 0.1) is 11.2 Å². The van der Waals surface area contributed by atoms with Crippen LogP contribution in [-0.2, 0) is 14.8 Å². The molecule has 0 spiro atoms. The van der Waals surface area contributed by atoms with Gasteiger partial charge < -0.3 is 9.64 Å². The van der Waals surface area contributed by atoms with Gasteiger partial charge in [-0.05, 0) is 18.2 Å². The van der Waals surface area contributed by atoms with Crippen LogP contribution in [-0.4, -0.2) is 56.8 Å². The predicted molar refractivity (Wildman–Crippen MR) is 87.7 cm³/mol. The summed E-state index contributed by atoms with van der Waals surface area (Å²) in [4.78, 5) is 13.7. The highest BCUT2D eigenvalue weighted by atomic mass is 32.2. The molecular formula is C16H23FN2O4S. The zero-order valence-electron chi connectivity index (χ0n) is 14.4. The molecule has 6 nitrogen and oxygen atoms in total. The number of sulfonamides is 1. The van der Waals surface area contributed by atoms with Crippen LogP contribution in [0.2, 0.25) is 0 Å². The molecule has 1 aromatic rings. The van der Waals surface area contributed by atoms with Crippen LogP contribution < -0.4 is 4.74 Å². The topological polar surface area (TPSA) is 66.9 Å². The number of hydrogen-bond donors (Lipinski definition) is 0. The van der Waals surface area contributed by atoms with E-state index >= 15 is 0 Å². The summed E-state index contributed by atoms with van der Waals surface area (Å²) in [6.07, 6.45) is 0. The van der Waals surface area contributed by atoms with E-state index in [0.29, 0.717) is 13.1 Å². The highest BCUT2D eigenvalue weighted by Gasteiger charge is 2.35. The van der Waals surface area contributed by atoms with Gasteiger partial charge in [0.1, 0.15) is 16.5 Å². The maximum absolute atomic E-state index is 13.5. The van der Waals surface area contributed by atoms with Crippen LogP contribution in [0.5, 0.6) is 5.75 Å². The Bertz CT molecular complexity index is 720. The van der Waals surface area contributed by atoms with Gasteiger partial charge in [-0.2, -0.15) is 4.31 Å². The summed E-state index contributed by atoms with van der Waals surface area (Å²) in [6.45, 7) is 6.45. The summed E-state index contributed by atoms with van der Waals surface area (Å²) < 4.78 is 45.3. The predicted octanol–water partition coefficient (Wildman–Crippen LogP) is 1.71.